The monoisotopic (exact) mass is 316 g/mol. The largest absolute Gasteiger partial charge is 0.358 e. The van der Waals surface area contributed by atoms with Crippen molar-refractivity contribution < 1.29 is 4.79 Å². The number of thioether (sulfide) groups is 1. The van der Waals surface area contributed by atoms with Crippen molar-refractivity contribution in [2.24, 2.45) is 0 Å². The van der Waals surface area contributed by atoms with Crippen molar-refractivity contribution in [3.8, 4) is 0 Å². The van der Waals surface area contributed by atoms with Gasteiger partial charge in [-0.2, -0.15) is 0 Å². The number of para-hydroxylation sites is 1. The highest BCUT2D eigenvalue weighted by molar-refractivity contribution is 8.00. The topological polar surface area (TPSA) is 36.1 Å². The average Bonchev–Trinajstić information content (AvgIpc) is 2.87. The number of carbonyl (C=O) groups is 1. The number of aryl methyl sites for hydroxylation is 1. The predicted molar refractivity (Wildman–Crippen MR) is 93.4 cm³/mol. The molecule has 22 heavy (non-hydrogen) atoms. The smallest absolute Gasteiger partial charge is 0.233 e. The molecule has 2 aromatic rings. The Balaban J connectivity index is 1.71. The van der Waals surface area contributed by atoms with Gasteiger partial charge in [-0.1, -0.05) is 25.1 Å². The molecule has 0 spiro atoms. The van der Waals surface area contributed by atoms with Gasteiger partial charge in [0.05, 0.1) is 5.75 Å². The van der Waals surface area contributed by atoms with Crippen LogP contribution in [0.5, 0.6) is 0 Å². The fourth-order valence-electron chi connectivity index (χ4n) is 3.41. The Kier molecular flexibility index (Phi) is 4.77. The third-order valence-electron chi connectivity index (χ3n) is 4.59. The van der Waals surface area contributed by atoms with Gasteiger partial charge in [0.15, 0.2) is 0 Å². The molecule has 4 heteroatoms. The summed E-state index contributed by atoms with van der Waals surface area (Å²) in [6, 6.07) is 8.76. The van der Waals surface area contributed by atoms with Crippen molar-refractivity contribution in [1.82, 2.24) is 9.88 Å². The summed E-state index contributed by atoms with van der Waals surface area (Å²) >= 11 is 1.68. The number of nitrogens with zero attached hydrogens (tertiary/aromatic N) is 1. The normalized spacial score (nSPS) is 18.8. The zero-order valence-corrected chi connectivity index (χ0v) is 14.2. The minimum atomic E-state index is 0.293. The standard InChI is InChI=1S/C18H24N2OS/c1-3-14-8-6-7-11-20(14)17(21)12-22-18-13(2)19-16-10-5-4-9-15(16)18/h4-5,9-10,14,19H,3,6-8,11-12H2,1-2H3/t14-/m0/s1. The Morgan fingerprint density at radius 1 is 1.36 bits per heavy atom. The van der Waals surface area contributed by atoms with E-state index in [0.29, 0.717) is 17.7 Å². The lowest BCUT2D eigenvalue weighted by Gasteiger charge is -2.35. The van der Waals surface area contributed by atoms with Crippen LogP contribution in [-0.4, -0.2) is 34.1 Å². The Morgan fingerprint density at radius 2 is 2.18 bits per heavy atom. The van der Waals surface area contributed by atoms with Crippen molar-refractivity contribution in [2.75, 3.05) is 12.3 Å². The first-order chi connectivity index (χ1) is 10.7. The van der Waals surface area contributed by atoms with E-state index >= 15 is 0 Å². The zero-order chi connectivity index (χ0) is 15.5. The van der Waals surface area contributed by atoms with Crippen LogP contribution in [0.4, 0.5) is 0 Å². The van der Waals surface area contributed by atoms with Crippen LogP contribution in [0, 0.1) is 6.92 Å². The van der Waals surface area contributed by atoms with E-state index < -0.39 is 0 Å². The summed E-state index contributed by atoms with van der Waals surface area (Å²) in [7, 11) is 0. The van der Waals surface area contributed by atoms with Gasteiger partial charge in [0.25, 0.3) is 0 Å². The predicted octanol–water partition coefficient (Wildman–Crippen LogP) is 4.36. The summed E-state index contributed by atoms with van der Waals surface area (Å²) in [6.07, 6.45) is 4.65. The number of hydrogen-bond donors (Lipinski definition) is 1. The molecule has 1 saturated heterocycles. The number of likely N-dealkylation sites (tertiary alicyclic amines) is 1. The van der Waals surface area contributed by atoms with Gasteiger partial charge >= 0.3 is 0 Å². The van der Waals surface area contributed by atoms with Crippen LogP contribution in [0.15, 0.2) is 29.2 Å². The first-order valence-electron chi connectivity index (χ1n) is 8.20. The fourth-order valence-corrected chi connectivity index (χ4v) is 4.44. The average molecular weight is 316 g/mol. The van der Waals surface area contributed by atoms with Crippen molar-refractivity contribution >= 4 is 28.6 Å². The van der Waals surface area contributed by atoms with Gasteiger partial charge < -0.3 is 9.88 Å². The number of aromatic amines is 1. The molecular weight excluding hydrogens is 292 g/mol. The summed E-state index contributed by atoms with van der Waals surface area (Å²) in [5, 5.41) is 1.23. The minimum absolute atomic E-state index is 0.293. The molecule has 118 valence electrons. The van der Waals surface area contributed by atoms with Crippen LogP contribution in [0.25, 0.3) is 10.9 Å². The SMILES string of the molecule is CC[C@H]1CCCCN1C(=O)CSc1c(C)[nH]c2ccccc12. The maximum atomic E-state index is 12.6. The molecule has 0 unspecified atom stereocenters. The third kappa shape index (κ3) is 3.02. The number of nitrogens with one attached hydrogen (secondary N) is 1. The third-order valence-corrected chi connectivity index (χ3v) is 5.80. The van der Waals surface area contributed by atoms with Crippen LogP contribution in [0.2, 0.25) is 0 Å². The Bertz CT molecular complexity index is 664. The minimum Gasteiger partial charge on any atom is -0.358 e. The molecule has 1 atom stereocenters. The van der Waals surface area contributed by atoms with Crippen LogP contribution < -0.4 is 0 Å². The number of amides is 1. The second kappa shape index (κ2) is 6.78. The molecule has 0 radical (unpaired) electrons. The van der Waals surface area contributed by atoms with Crippen molar-refractivity contribution in [3.05, 3.63) is 30.0 Å². The molecule has 1 fully saturated rings. The maximum absolute atomic E-state index is 12.6. The van der Waals surface area contributed by atoms with Gasteiger partial charge in [-0.15, -0.1) is 11.8 Å². The molecule has 1 N–H and O–H groups in total. The number of hydrogen-bond acceptors (Lipinski definition) is 2. The quantitative estimate of drug-likeness (QED) is 0.851. The van der Waals surface area contributed by atoms with Crippen LogP contribution in [0.1, 0.15) is 38.3 Å². The number of carbonyl (C=O) groups excluding carboxylic acids is 1. The summed E-state index contributed by atoms with van der Waals surface area (Å²) in [6.45, 7) is 5.21. The molecule has 3 nitrogen and oxygen atoms in total. The van der Waals surface area contributed by atoms with E-state index in [1.54, 1.807) is 11.8 Å². The number of rotatable bonds is 4. The number of fused-ring (bicyclic) bond motifs is 1. The Labute approximate surface area is 136 Å². The molecule has 3 rings (SSSR count). The molecule has 0 aliphatic carbocycles. The molecule has 1 aromatic heterocycles. The van der Waals surface area contributed by atoms with Crippen molar-refractivity contribution in [1.29, 1.82) is 0 Å². The Hall–Kier alpha value is -1.42. The first-order valence-corrected chi connectivity index (χ1v) is 9.19. The maximum Gasteiger partial charge on any atom is 0.233 e. The summed E-state index contributed by atoms with van der Waals surface area (Å²) in [5.41, 5.74) is 2.31. The lowest BCUT2D eigenvalue weighted by atomic mass is 10.0. The van der Waals surface area contributed by atoms with E-state index in [1.807, 2.05) is 6.07 Å². The molecule has 1 amide bonds. The number of H-pyrrole nitrogens is 1. The van der Waals surface area contributed by atoms with Crippen LogP contribution >= 0.6 is 11.8 Å². The lowest BCUT2D eigenvalue weighted by molar-refractivity contribution is -0.132. The van der Waals surface area contributed by atoms with Crippen molar-refractivity contribution in [3.63, 3.8) is 0 Å². The second-order valence-corrected chi connectivity index (χ2v) is 7.04. The van der Waals surface area contributed by atoms with Gasteiger partial charge in [0.2, 0.25) is 5.91 Å². The van der Waals surface area contributed by atoms with E-state index in [1.165, 1.54) is 23.1 Å². The van der Waals surface area contributed by atoms with Gasteiger partial charge in [-0.25, -0.2) is 0 Å². The second-order valence-electron chi connectivity index (χ2n) is 6.06. The molecule has 0 bridgehead atoms. The summed E-state index contributed by atoms with van der Waals surface area (Å²) < 4.78 is 0. The number of benzene rings is 1. The van der Waals surface area contributed by atoms with Gasteiger partial charge in [-0.3, -0.25) is 4.79 Å². The lowest BCUT2D eigenvalue weighted by Crippen LogP contribution is -2.44. The van der Waals surface area contributed by atoms with Crippen molar-refractivity contribution in [2.45, 2.75) is 50.5 Å². The van der Waals surface area contributed by atoms with Gasteiger partial charge in [0, 0.05) is 34.1 Å². The molecule has 1 aliphatic rings. The zero-order valence-electron chi connectivity index (χ0n) is 13.4. The first kappa shape index (κ1) is 15.5. The molecule has 1 aliphatic heterocycles. The number of piperidine rings is 1. The molecule has 2 heterocycles. The number of aromatic nitrogens is 1. The molecule has 1 aromatic carbocycles. The highest BCUT2D eigenvalue weighted by Crippen LogP contribution is 2.32. The van der Waals surface area contributed by atoms with E-state index in [2.05, 4.69) is 41.9 Å². The fraction of sp³-hybridized carbons (Fsp3) is 0.500. The van der Waals surface area contributed by atoms with Crippen LogP contribution in [-0.2, 0) is 4.79 Å². The highest BCUT2D eigenvalue weighted by atomic mass is 32.2. The Morgan fingerprint density at radius 3 is 3.00 bits per heavy atom. The highest BCUT2D eigenvalue weighted by Gasteiger charge is 2.25. The van der Waals surface area contributed by atoms with Gasteiger partial charge in [0.1, 0.15) is 0 Å². The molecule has 0 saturated carbocycles. The van der Waals surface area contributed by atoms with E-state index in [9.17, 15) is 4.79 Å². The van der Waals surface area contributed by atoms with Crippen LogP contribution in [0.3, 0.4) is 0 Å². The van der Waals surface area contributed by atoms with E-state index in [-0.39, 0.29) is 0 Å². The van der Waals surface area contributed by atoms with Gasteiger partial charge in [-0.05, 0) is 38.7 Å². The van der Waals surface area contributed by atoms with E-state index in [0.717, 1.165) is 30.6 Å². The summed E-state index contributed by atoms with van der Waals surface area (Å²) in [4.78, 5) is 19.3. The summed E-state index contributed by atoms with van der Waals surface area (Å²) in [5.74, 6) is 0.834. The molecular formula is C18H24N2OS. The van der Waals surface area contributed by atoms with E-state index in [4.69, 9.17) is 0 Å².